The number of aliphatic imine (C=N–C) groups is 1. The van der Waals surface area contributed by atoms with Gasteiger partial charge in [-0.15, -0.1) is 0 Å². The summed E-state index contributed by atoms with van der Waals surface area (Å²) in [6, 6.07) is 9.41. The van der Waals surface area contributed by atoms with Crippen LogP contribution in [0, 0.1) is 0 Å². The summed E-state index contributed by atoms with van der Waals surface area (Å²) in [5.41, 5.74) is 2.51. The molecule has 0 saturated carbocycles. The van der Waals surface area contributed by atoms with Gasteiger partial charge in [-0.3, -0.25) is 0 Å². The van der Waals surface area contributed by atoms with Gasteiger partial charge in [-0.25, -0.2) is 9.98 Å². The Labute approximate surface area is 195 Å². The number of allylic oxidation sites excluding steroid dienone is 1. The summed E-state index contributed by atoms with van der Waals surface area (Å²) >= 11 is 7.82. The molecule has 5 rings (SSSR count). The molecule has 164 valence electrons. The van der Waals surface area contributed by atoms with Gasteiger partial charge in [0.05, 0.1) is 15.6 Å². The Kier molecular flexibility index (Phi) is 5.82. The lowest BCUT2D eigenvalue weighted by molar-refractivity contribution is 0.114. The van der Waals surface area contributed by atoms with Gasteiger partial charge in [0.1, 0.15) is 11.9 Å². The van der Waals surface area contributed by atoms with Crippen LogP contribution < -0.4 is 10.1 Å². The standard InChI is InChI=1S/C23H22ClN5O2S/c1-29-9-6-15(7-10-29)31-16-4-5-19(18(24)12-16)27-23-28-22(30)20(32-23)11-14-13-26-21-17(14)3-2-8-25-21/h2-5,8,11-13,15,30H,6-7,9-10H2,1H3,(H,27,28). The number of nitrogens with zero attached hydrogens (tertiary/aromatic N) is 4. The molecule has 0 unspecified atom stereocenters. The monoisotopic (exact) mass is 467 g/mol. The van der Waals surface area contributed by atoms with E-state index < -0.39 is 0 Å². The molecule has 0 radical (unpaired) electrons. The number of likely N-dealkylation sites (tertiary alicyclic amines) is 1. The first-order valence-electron chi connectivity index (χ1n) is 10.4. The molecule has 0 atom stereocenters. The Hall–Kier alpha value is -2.94. The molecule has 7 nitrogen and oxygen atoms in total. The van der Waals surface area contributed by atoms with Crippen LogP contribution in [0.15, 0.2) is 41.5 Å². The van der Waals surface area contributed by atoms with E-state index >= 15 is 0 Å². The number of hydrogen-bond donors (Lipinski definition) is 2. The summed E-state index contributed by atoms with van der Waals surface area (Å²) in [4.78, 5) is 15.7. The number of thiazole rings is 1. The summed E-state index contributed by atoms with van der Waals surface area (Å²) in [5, 5.41) is 14.6. The number of halogens is 1. The maximum atomic E-state index is 10.3. The summed E-state index contributed by atoms with van der Waals surface area (Å²) in [6.45, 7) is 2.08. The van der Waals surface area contributed by atoms with Crippen LogP contribution in [0.3, 0.4) is 0 Å². The number of nitrogens with one attached hydrogen (secondary N) is 1. The molecule has 2 aliphatic heterocycles. The number of piperidine rings is 1. The van der Waals surface area contributed by atoms with Gasteiger partial charge in [0.2, 0.25) is 5.88 Å². The molecule has 1 saturated heterocycles. The normalized spacial score (nSPS) is 17.6. The van der Waals surface area contributed by atoms with Crippen molar-refractivity contribution in [3.05, 3.63) is 52.0 Å². The average molecular weight is 468 g/mol. The predicted octanol–water partition coefficient (Wildman–Crippen LogP) is 5.37. The van der Waals surface area contributed by atoms with Crippen LogP contribution in [0.5, 0.6) is 11.6 Å². The lowest BCUT2D eigenvalue weighted by Crippen LogP contribution is -2.35. The summed E-state index contributed by atoms with van der Waals surface area (Å²) < 4.78 is 6.10. The first-order chi connectivity index (χ1) is 15.5. The molecule has 32 heavy (non-hydrogen) atoms. The van der Waals surface area contributed by atoms with Crippen molar-refractivity contribution in [3.8, 4) is 11.6 Å². The van der Waals surface area contributed by atoms with Gasteiger partial charge in [0.15, 0.2) is 10.9 Å². The molecule has 1 aromatic carbocycles. The SMILES string of the molecule is CN1CCC(Oc2ccc(Nc3nc(O)c(C=C4C=Nc5ncccc54)s3)c(Cl)c2)CC1. The highest BCUT2D eigenvalue weighted by molar-refractivity contribution is 7.16. The Bertz CT molecular complexity index is 1200. The largest absolute Gasteiger partial charge is 0.492 e. The number of aromatic hydroxyl groups is 1. The van der Waals surface area contributed by atoms with Gasteiger partial charge in [0.25, 0.3) is 0 Å². The number of benzene rings is 1. The van der Waals surface area contributed by atoms with Gasteiger partial charge < -0.3 is 20.1 Å². The van der Waals surface area contributed by atoms with Crippen molar-refractivity contribution in [2.24, 2.45) is 4.99 Å². The highest BCUT2D eigenvalue weighted by Gasteiger charge is 2.19. The third kappa shape index (κ3) is 4.48. The first-order valence-corrected chi connectivity index (χ1v) is 11.6. The van der Waals surface area contributed by atoms with Gasteiger partial charge in [-0.2, -0.15) is 4.98 Å². The lowest BCUT2D eigenvalue weighted by atomic mass is 10.1. The molecule has 0 amide bonds. The van der Waals surface area contributed by atoms with Crippen molar-refractivity contribution < 1.29 is 9.84 Å². The van der Waals surface area contributed by atoms with Crippen molar-refractivity contribution in [2.75, 3.05) is 25.5 Å². The minimum absolute atomic E-state index is 0.0471. The molecular formula is C23H22ClN5O2S. The fraction of sp³-hybridized carbons (Fsp3) is 0.261. The fourth-order valence-corrected chi connectivity index (χ4v) is 4.78. The number of aromatic nitrogens is 2. The second-order valence-electron chi connectivity index (χ2n) is 7.83. The van der Waals surface area contributed by atoms with Crippen molar-refractivity contribution in [1.82, 2.24) is 14.9 Å². The summed E-state index contributed by atoms with van der Waals surface area (Å²) in [7, 11) is 2.13. The van der Waals surface area contributed by atoms with Crippen molar-refractivity contribution >= 4 is 57.4 Å². The second kappa shape index (κ2) is 8.90. The minimum atomic E-state index is -0.0471. The Morgan fingerprint density at radius 1 is 1.28 bits per heavy atom. The third-order valence-corrected chi connectivity index (χ3v) is 6.71. The van der Waals surface area contributed by atoms with Crippen LogP contribution in [0.25, 0.3) is 11.6 Å². The molecular weight excluding hydrogens is 446 g/mol. The van der Waals surface area contributed by atoms with Crippen LogP contribution in [0.2, 0.25) is 5.02 Å². The highest BCUT2D eigenvalue weighted by atomic mass is 35.5. The third-order valence-electron chi connectivity index (χ3n) is 5.50. The topological polar surface area (TPSA) is 82.9 Å². The van der Waals surface area contributed by atoms with E-state index in [0.29, 0.717) is 26.5 Å². The van der Waals surface area contributed by atoms with E-state index in [1.54, 1.807) is 12.4 Å². The van der Waals surface area contributed by atoms with Crippen LogP contribution in [0.4, 0.5) is 16.6 Å². The Morgan fingerprint density at radius 3 is 2.94 bits per heavy atom. The number of fused-ring (bicyclic) bond motifs is 1. The van der Waals surface area contributed by atoms with Crippen molar-refractivity contribution in [1.29, 1.82) is 0 Å². The van der Waals surface area contributed by atoms with E-state index in [0.717, 1.165) is 42.8 Å². The van der Waals surface area contributed by atoms with Gasteiger partial charge in [0, 0.05) is 42.7 Å². The molecule has 0 bridgehead atoms. The molecule has 3 aromatic rings. The maximum Gasteiger partial charge on any atom is 0.231 e. The Morgan fingerprint density at radius 2 is 2.12 bits per heavy atom. The van der Waals surface area contributed by atoms with E-state index in [1.807, 2.05) is 36.4 Å². The van der Waals surface area contributed by atoms with E-state index in [-0.39, 0.29) is 12.0 Å². The van der Waals surface area contributed by atoms with Crippen molar-refractivity contribution in [2.45, 2.75) is 18.9 Å². The van der Waals surface area contributed by atoms with Gasteiger partial charge in [-0.05, 0) is 50.2 Å². The molecule has 2 aromatic heterocycles. The zero-order valence-electron chi connectivity index (χ0n) is 17.5. The highest BCUT2D eigenvalue weighted by Crippen LogP contribution is 2.38. The number of rotatable bonds is 5. The first kappa shape index (κ1) is 20.9. The number of anilines is 2. The van der Waals surface area contributed by atoms with Crippen LogP contribution in [-0.4, -0.2) is 52.4 Å². The van der Waals surface area contributed by atoms with Crippen LogP contribution in [-0.2, 0) is 0 Å². The molecule has 0 spiro atoms. The minimum Gasteiger partial charge on any atom is -0.492 e. The van der Waals surface area contributed by atoms with Crippen molar-refractivity contribution in [3.63, 3.8) is 0 Å². The van der Waals surface area contributed by atoms with Gasteiger partial charge >= 0.3 is 0 Å². The second-order valence-corrected chi connectivity index (χ2v) is 9.26. The molecule has 0 aliphatic carbocycles. The number of ether oxygens (including phenoxy) is 1. The molecule has 2 aliphatic rings. The molecule has 2 N–H and O–H groups in total. The van der Waals surface area contributed by atoms with E-state index in [2.05, 4.69) is 32.2 Å². The zero-order valence-corrected chi connectivity index (χ0v) is 19.0. The van der Waals surface area contributed by atoms with E-state index in [1.165, 1.54) is 11.3 Å². The quantitative estimate of drug-likeness (QED) is 0.524. The average Bonchev–Trinajstić information content (AvgIpc) is 3.35. The predicted molar refractivity (Wildman–Crippen MR) is 130 cm³/mol. The van der Waals surface area contributed by atoms with Crippen LogP contribution >= 0.6 is 22.9 Å². The van der Waals surface area contributed by atoms with Crippen LogP contribution in [0.1, 0.15) is 23.3 Å². The number of pyridine rings is 1. The fourth-order valence-electron chi connectivity index (χ4n) is 3.73. The van der Waals surface area contributed by atoms with E-state index in [4.69, 9.17) is 16.3 Å². The summed E-state index contributed by atoms with van der Waals surface area (Å²) in [5.74, 6) is 1.39. The summed E-state index contributed by atoms with van der Waals surface area (Å²) in [6.07, 6.45) is 7.54. The van der Waals surface area contributed by atoms with Gasteiger partial charge in [-0.1, -0.05) is 22.9 Å². The molecule has 9 heteroatoms. The zero-order chi connectivity index (χ0) is 22.1. The molecule has 1 fully saturated rings. The Balaban J connectivity index is 1.29. The molecule has 4 heterocycles. The maximum absolute atomic E-state index is 10.3. The van der Waals surface area contributed by atoms with E-state index in [9.17, 15) is 5.11 Å². The number of hydrogen-bond acceptors (Lipinski definition) is 8. The lowest BCUT2D eigenvalue weighted by Gasteiger charge is -2.29. The smallest absolute Gasteiger partial charge is 0.231 e.